The Labute approximate surface area is 93.9 Å². The Morgan fingerprint density at radius 1 is 1.20 bits per heavy atom. The molecule has 2 nitrogen and oxygen atoms in total. The zero-order valence-corrected chi connectivity index (χ0v) is 9.12. The highest BCUT2D eigenvalue weighted by atomic mass is 35.5. The molecule has 0 unspecified atom stereocenters. The third-order valence-electron chi connectivity index (χ3n) is 2.02. The van der Waals surface area contributed by atoms with Crippen LogP contribution in [0.4, 0.5) is 11.5 Å². The summed E-state index contributed by atoms with van der Waals surface area (Å²) >= 11 is 5.75. The van der Waals surface area contributed by atoms with Crippen molar-refractivity contribution >= 4 is 23.1 Å². The number of pyridine rings is 1. The van der Waals surface area contributed by atoms with Crippen molar-refractivity contribution in [3.63, 3.8) is 0 Å². The van der Waals surface area contributed by atoms with Gasteiger partial charge in [0.25, 0.3) is 0 Å². The van der Waals surface area contributed by atoms with Crippen LogP contribution in [-0.2, 0) is 0 Å². The van der Waals surface area contributed by atoms with Crippen molar-refractivity contribution < 1.29 is 0 Å². The molecule has 1 heterocycles. The van der Waals surface area contributed by atoms with E-state index in [1.54, 1.807) is 6.20 Å². The van der Waals surface area contributed by atoms with Gasteiger partial charge in [0.1, 0.15) is 5.82 Å². The molecule has 0 aliphatic rings. The summed E-state index contributed by atoms with van der Waals surface area (Å²) in [5.41, 5.74) is 2.25. The van der Waals surface area contributed by atoms with Gasteiger partial charge < -0.3 is 5.32 Å². The normalized spacial score (nSPS) is 10.0. The topological polar surface area (TPSA) is 24.9 Å². The van der Waals surface area contributed by atoms with Gasteiger partial charge in [-0.3, -0.25) is 0 Å². The molecule has 76 valence electrons. The molecule has 0 aliphatic heterocycles. The largest absolute Gasteiger partial charge is 0.340 e. The smallest absolute Gasteiger partial charge is 0.130 e. The minimum atomic E-state index is 0.643. The van der Waals surface area contributed by atoms with Gasteiger partial charge in [-0.15, -0.1) is 0 Å². The van der Waals surface area contributed by atoms with E-state index < -0.39 is 0 Å². The van der Waals surface area contributed by atoms with Gasteiger partial charge in [-0.25, -0.2) is 4.98 Å². The first-order valence-corrected chi connectivity index (χ1v) is 5.07. The third kappa shape index (κ3) is 2.70. The van der Waals surface area contributed by atoms with Crippen molar-refractivity contribution in [2.75, 3.05) is 5.32 Å². The summed E-state index contributed by atoms with van der Waals surface area (Å²) in [7, 11) is 0. The van der Waals surface area contributed by atoms with Crippen LogP contribution in [0, 0.1) is 6.92 Å². The number of rotatable bonds is 2. The second kappa shape index (κ2) is 4.32. The number of aryl methyl sites for hydroxylation is 1. The van der Waals surface area contributed by atoms with Crippen molar-refractivity contribution in [2.24, 2.45) is 0 Å². The van der Waals surface area contributed by atoms with E-state index in [2.05, 4.69) is 29.4 Å². The van der Waals surface area contributed by atoms with Crippen molar-refractivity contribution in [1.29, 1.82) is 0 Å². The Balaban J connectivity index is 2.18. The molecular weight excluding hydrogens is 208 g/mol. The van der Waals surface area contributed by atoms with Crippen LogP contribution in [0.1, 0.15) is 5.56 Å². The van der Waals surface area contributed by atoms with Gasteiger partial charge in [0.2, 0.25) is 0 Å². The minimum Gasteiger partial charge on any atom is -0.340 e. The maximum Gasteiger partial charge on any atom is 0.130 e. The predicted octanol–water partition coefficient (Wildman–Crippen LogP) is 3.79. The fraction of sp³-hybridized carbons (Fsp3) is 0.0833. The molecule has 0 saturated heterocycles. The molecule has 0 saturated carbocycles. The lowest BCUT2D eigenvalue weighted by atomic mass is 10.2. The zero-order chi connectivity index (χ0) is 10.7. The van der Waals surface area contributed by atoms with E-state index in [9.17, 15) is 0 Å². The Morgan fingerprint density at radius 3 is 2.73 bits per heavy atom. The van der Waals surface area contributed by atoms with Gasteiger partial charge in [-0.2, -0.15) is 0 Å². The standard InChI is InChI=1S/C12H11ClN2/c1-9-3-2-4-11(7-9)15-12-6-5-10(13)8-14-12/h2-8H,1H3,(H,14,15). The highest BCUT2D eigenvalue weighted by molar-refractivity contribution is 6.30. The van der Waals surface area contributed by atoms with Crippen LogP contribution >= 0.6 is 11.6 Å². The first-order chi connectivity index (χ1) is 7.24. The summed E-state index contributed by atoms with van der Waals surface area (Å²) in [5, 5.41) is 3.85. The molecule has 0 bridgehead atoms. The molecule has 0 atom stereocenters. The first kappa shape index (κ1) is 9.99. The number of aromatic nitrogens is 1. The summed E-state index contributed by atoms with van der Waals surface area (Å²) in [4.78, 5) is 4.16. The molecule has 1 aromatic carbocycles. The molecule has 3 heteroatoms. The van der Waals surface area contributed by atoms with E-state index >= 15 is 0 Å². The molecule has 0 aliphatic carbocycles. The highest BCUT2D eigenvalue weighted by Gasteiger charge is 1.95. The number of halogens is 1. The second-order valence-electron chi connectivity index (χ2n) is 3.36. The van der Waals surface area contributed by atoms with Crippen LogP contribution in [0.15, 0.2) is 42.6 Å². The average Bonchev–Trinajstić information content (AvgIpc) is 2.22. The quantitative estimate of drug-likeness (QED) is 0.830. The van der Waals surface area contributed by atoms with E-state index in [-0.39, 0.29) is 0 Å². The zero-order valence-electron chi connectivity index (χ0n) is 8.37. The molecule has 15 heavy (non-hydrogen) atoms. The maximum absolute atomic E-state index is 5.75. The average molecular weight is 219 g/mol. The van der Waals surface area contributed by atoms with Crippen molar-refractivity contribution in [2.45, 2.75) is 6.92 Å². The number of nitrogens with one attached hydrogen (secondary N) is 1. The van der Waals surface area contributed by atoms with Crippen molar-refractivity contribution in [3.05, 3.63) is 53.2 Å². The van der Waals surface area contributed by atoms with E-state index in [0.29, 0.717) is 5.02 Å². The molecule has 0 fully saturated rings. The number of nitrogens with zero attached hydrogens (tertiary/aromatic N) is 1. The number of hydrogen-bond acceptors (Lipinski definition) is 2. The Hall–Kier alpha value is -1.54. The molecule has 2 aromatic rings. The summed E-state index contributed by atoms with van der Waals surface area (Å²) in [6, 6.07) is 11.8. The Bertz CT molecular complexity index is 451. The highest BCUT2D eigenvalue weighted by Crippen LogP contribution is 2.16. The molecule has 0 spiro atoms. The Morgan fingerprint density at radius 2 is 2.07 bits per heavy atom. The minimum absolute atomic E-state index is 0.643. The van der Waals surface area contributed by atoms with E-state index in [1.165, 1.54) is 5.56 Å². The SMILES string of the molecule is Cc1cccc(Nc2ccc(Cl)cn2)c1. The van der Waals surface area contributed by atoms with Crippen molar-refractivity contribution in [3.8, 4) is 0 Å². The van der Waals surface area contributed by atoms with Crippen LogP contribution in [0.3, 0.4) is 0 Å². The maximum atomic E-state index is 5.75. The lowest BCUT2D eigenvalue weighted by molar-refractivity contribution is 1.30. The van der Waals surface area contributed by atoms with Crippen LogP contribution in [0.2, 0.25) is 5.02 Å². The number of hydrogen-bond donors (Lipinski definition) is 1. The van der Waals surface area contributed by atoms with Crippen LogP contribution in [-0.4, -0.2) is 4.98 Å². The summed E-state index contributed by atoms with van der Waals surface area (Å²) in [6.45, 7) is 2.06. The molecule has 2 rings (SSSR count). The van der Waals surface area contributed by atoms with Crippen LogP contribution < -0.4 is 5.32 Å². The fourth-order valence-corrected chi connectivity index (χ4v) is 1.43. The van der Waals surface area contributed by atoms with E-state index in [4.69, 9.17) is 11.6 Å². The summed E-state index contributed by atoms with van der Waals surface area (Å²) in [6.07, 6.45) is 1.62. The lowest BCUT2D eigenvalue weighted by Crippen LogP contribution is -1.92. The monoisotopic (exact) mass is 218 g/mol. The fourth-order valence-electron chi connectivity index (χ4n) is 1.32. The molecule has 1 aromatic heterocycles. The van der Waals surface area contributed by atoms with Crippen LogP contribution in [0.25, 0.3) is 0 Å². The Kier molecular flexibility index (Phi) is 2.88. The van der Waals surface area contributed by atoms with Gasteiger partial charge in [0.05, 0.1) is 5.02 Å². The molecular formula is C12H11ClN2. The van der Waals surface area contributed by atoms with E-state index in [1.807, 2.05) is 24.3 Å². The van der Waals surface area contributed by atoms with Crippen LogP contribution in [0.5, 0.6) is 0 Å². The number of anilines is 2. The van der Waals surface area contributed by atoms with Gasteiger partial charge in [0.15, 0.2) is 0 Å². The second-order valence-corrected chi connectivity index (χ2v) is 3.79. The van der Waals surface area contributed by atoms with Gasteiger partial charge in [0, 0.05) is 11.9 Å². The van der Waals surface area contributed by atoms with Gasteiger partial charge in [-0.05, 0) is 36.8 Å². The third-order valence-corrected chi connectivity index (χ3v) is 2.24. The summed E-state index contributed by atoms with van der Waals surface area (Å²) < 4.78 is 0. The van der Waals surface area contributed by atoms with Gasteiger partial charge in [-0.1, -0.05) is 23.7 Å². The molecule has 1 N–H and O–H groups in total. The van der Waals surface area contributed by atoms with E-state index in [0.717, 1.165) is 11.5 Å². The molecule has 0 radical (unpaired) electrons. The number of benzene rings is 1. The van der Waals surface area contributed by atoms with Crippen molar-refractivity contribution in [1.82, 2.24) is 4.98 Å². The van der Waals surface area contributed by atoms with Gasteiger partial charge >= 0.3 is 0 Å². The predicted molar refractivity (Wildman–Crippen MR) is 63.7 cm³/mol. The lowest BCUT2D eigenvalue weighted by Gasteiger charge is -2.05. The molecule has 0 amide bonds. The first-order valence-electron chi connectivity index (χ1n) is 4.69. The summed E-state index contributed by atoms with van der Waals surface area (Å²) in [5.74, 6) is 0.796.